The summed E-state index contributed by atoms with van der Waals surface area (Å²) in [6, 6.07) is 8.21. The molecule has 1 aromatic heterocycles. The van der Waals surface area contributed by atoms with Crippen molar-refractivity contribution in [3.63, 3.8) is 0 Å². The Balaban J connectivity index is 1.52. The summed E-state index contributed by atoms with van der Waals surface area (Å²) in [4.78, 5) is 12.1. The third kappa shape index (κ3) is 4.77. The number of nitriles is 1. The zero-order valence-electron chi connectivity index (χ0n) is 14.9. The fourth-order valence-corrected chi connectivity index (χ4v) is 3.13. The van der Waals surface area contributed by atoms with Gasteiger partial charge in [-0.05, 0) is 44.7 Å². The fourth-order valence-electron chi connectivity index (χ4n) is 2.56. The van der Waals surface area contributed by atoms with Crippen LogP contribution in [0.5, 0.6) is 5.75 Å². The molecule has 1 heterocycles. The van der Waals surface area contributed by atoms with Crippen LogP contribution in [-0.4, -0.2) is 27.4 Å². The van der Waals surface area contributed by atoms with Crippen molar-refractivity contribution in [2.75, 3.05) is 5.75 Å². The minimum Gasteiger partial charge on any atom is -0.478 e. The van der Waals surface area contributed by atoms with E-state index in [1.807, 2.05) is 0 Å². The second-order valence-corrected chi connectivity index (χ2v) is 7.45. The highest BCUT2D eigenvalue weighted by Crippen LogP contribution is 2.39. The number of hydrogen-bond donors (Lipinski definition) is 1. The Kier molecular flexibility index (Phi) is 5.65. The molecule has 1 N–H and O–H groups in total. The Bertz CT molecular complexity index is 864. The van der Waals surface area contributed by atoms with Crippen molar-refractivity contribution in [2.45, 2.75) is 43.6 Å². The molecule has 0 saturated heterocycles. The van der Waals surface area contributed by atoms with Gasteiger partial charge in [0.2, 0.25) is 5.91 Å². The zero-order chi connectivity index (χ0) is 19.4. The van der Waals surface area contributed by atoms with Gasteiger partial charge in [-0.1, -0.05) is 23.9 Å². The standard InChI is InChI=1S/C18H19FN4O3S/c1-11(25-14-6-4-3-5-13(14)19)16-22-23-17(26-16)27-9-15(24)21-18(2,10-20)12-7-8-12/h3-6,11-12H,7-9H2,1-2H3,(H,21,24). The SMILES string of the molecule is CC(Oc1ccccc1F)c1nnc(SCC(=O)NC(C)(C#N)C2CC2)o1. The van der Waals surface area contributed by atoms with Crippen molar-refractivity contribution in [2.24, 2.45) is 5.92 Å². The second-order valence-electron chi connectivity index (χ2n) is 6.52. The van der Waals surface area contributed by atoms with Crippen molar-refractivity contribution in [1.29, 1.82) is 5.26 Å². The number of aromatic nitrogens is 2. The van der Waals surface area contributed by atoms with Crippen molar-refractivity contribution in [3.05, 3.63) is 36.0 Å². The van der Waals surface area contributed by atoms with Crippen LogP contribution in [0.15, 0.2) is 33.9 Å². The lowest BCUT2D eigenvalue weighted by Gasteiger charge is -2.22. The lowest BCUT2D eigenvalue weighted by atomic mass is 9.98. The predicted octanol–water partition coefficient (Wildman–Crippen LogP) is 3.25. The minimum atomic E-state index is -0.834. The van der Waals surface area contributed by atoms with Crippen molar-refractivity contribution in [1.82, 2.24) is 15.5 Å². The summed E-state index contributed by atoms with van der Waals surface area (Å²) in [5, 5.41) is 20.0. The number of thioether (sulfide) groups is 1. The Morgan fingerprint density at radius 2 is 2.26 bits per heavy atom. The first-order chi connectivity index (χ1) is 12.9. The molecular formula is C18H19FN4O3S. The largest absolute Gasteiger partial charge is 0.478 e. The van der Waals surface area contributed by atoms with Crippen molar-refractivity contribution < 1.29 is 18.3 Å². The molecular weight excluding hydrogens is 371 g/mol. The van der Waals surface area contributed by atoms with E-state index in [2.05, 4.69) is 21.6 Å². The molecule has 0 bridgehead atoms. The smallest absolute Gasteiger partial charge is 0.277 e. The van der Waals surface area contributed by atoms with Gasteiger partial charge < -0.3 is 14.5 Å². The molecule has 27 heavy (non-hydrogen) atoms. The van der Waals surface area contributed by atoms with Gasteiger partial charge in [0.15, 0.2) is 17.7 Å². The van der Waals surface area contributed by atoms with E-state index in [0.29, 0.717) is 0 Å². The van der Waals surface area contributed by atoms with Crippen molar-refractivity contribution in [3.8, 4) is 11.8 Å². The van der Waals surface area contributed by atoms with Crippen LogP contribution in [0, 0.1) is 23.1 Å². The molecule has 3 rings (SSSR count). The van der Waals surface area contributed by atoms with Gasteiger partial charge in [0.05, 0.1) is 11.8 Å². The summed E-state index contributed by atoms with van der Waals surface area (Å²) in [7, 11) is 0. The molecule has 142 valence electrons. The molecule has 1 saturated carbocycles. The molecule has 0 radical (unpaired) electrons. The maximum Gasteiger partial charge on any atom is 0.277 e. The summed E-state index contributed by atoms with van der Waals surface area (Å²) < 4.78 is 24.6. The summed E-state index contributed by atoms with van der Waals surface area (Å²) in [5.74, 6) is -0.219. The molecule has 2 aromatic rings. The number of nitrogens with one attached hydrogen (secondary N) is 1. The molecule has 1 aliphatic carbocycles. The number of para-hydroxylation sites is 1. The van der Waals surface area contributed by atoms with Crippen LogP contribution < -0.4 is 10.1 Å². The van der Waals surface area contributed by atoms with Crippen LogP contribution in [0.3, 0.4) is 0 Å². The van der Waals surface area contributed by atoms with Crippen LogP contribution in [0.25, 0.3) is 0 Å². The summed E-state index contributed by atoms with van der Waals surface area (Å²) in [6.45, 7) is 3.40. The number of benzene rings is 1. The van der Waals surface area contributed by atoms with Crippen LogP contribution >= 0.6 is 11.8 Å². The Hall–Kier alpha value is -2.60. The van der Waals surface area contributed by atoms with Gasteiger partial charge in [-0.3, -0.25) is 4.79 Å². The monoisotopic (exact) mass is 390 g/mol. The van der Waals surface area contributed by atoms with Gasteiger partial charge in [-0.25, -0.2) is 4.39 Å². The van der Waals surface area contributed by atoms with Gasteiger partial charge in [0.25, 0.3) is 11.1 Å². The van der Waals surface area contributed by atoms with E-state index in [4.69, 9.17) is 9.15 Å². The molecule has 2 unspecified atom stereocenters. The van der Waals surface area contributed by atoms with E-state index in [0.717, 1.165) is 24.6 Å². The molecule has 1 fully saturated rings. The minimum absolute atomic E-state index is 0.0498. The quantitative estimate of drug-likeness (QED) is 0.690. The zero-order valence-corrected chi connectivity index (χ0v) is 15.8. The maximum absolute atomic E-state index is 13.6. The third-order valence-corrected chi connectivity index (χ3v) is 5.08. The molecule has 1 aromatic carbocycles. The van der Waals surface area contributed by atoms with Gasteiger partial charge in [0, 0.05) is 0 Å². The van der Waals surface area contributed by atoms with Crippen LogP contribution in [0.4, 0.5) is 4.39 Å². The lowest BCUT2D eigenvalue weighted by Crippen LogP contribution is -2.47. The van der Waals surface area contributed by atoms with Crippen molar-refractivity contribution >= 4 is 17.7 Å². The number of ether oxygens (including phenoxy) is 1. The lowest BCUT2D eigenvalue weighted by molar-refractivity contribution is -0.119. The number of hydrogen-bond acceptors (Lipinski definition) is 7. The first-order valence-electron chi connectivity index (χ1n) is 8.51. The highest BCUT2D eigenvalue weighted by molar-refractivity contribution is 7.99. The highest BCUT2D eigenvalue weighted by Gasteiger charge is 2.43. The molecule has 7 nitrogen and oxygen atoms in total. The van der Waals surface area contributed by atoms with E-state index in [1.54, 1.807) is 26.0 Å². The van der Waals surface area contributed by atoms with E-state index in [9.17, 15) is 14.4 Å². The van der Waals surface area contributed by atoms with Crippen LogP contribution in [0.1, 0.15) is 38.7 Å². The summed E-state index contributed by atoms with van der Waals surface area (Å²) >= 11 is 1.07. The normalized spacial score (nSPS) is 16.8. The predicted molar refractivity (Wildman–Crippen MR) is 95.3 cm³/mol. The average molecular weight is 390 g/mol. The summed E-state index contributed by atoms with van der Waals surface area (Å²) in [6.07, 6.45) is 1.25. The Labute approximate surface area is 160 Å². The molecule has 2 atom stereocenters. The molecule has 1 amide bonds. The van der Waals surface area contributed by atoms with Gasteiger partial charge in [-0.15, -0.1) is 10.2 Å². The molecule has 1 aliphatic rings. The van der Waals surface area contributed by atoms with Gasteiger partial charge in [-0.2, -0.15) is 5.26 Å². The fraction of sp³-hybridized carbons (Fsp3) is 0.444. The Morgan fingerprint density at radius 1 is 1.52 bits per heavy atom. The third-order valence-electron chi connectivity index (χ3n) is 4.26. The van der Waals surface area contributed by atoms with Gasteiger partial charge in [0.1, 0.15) is 5.54 Å². The number of rotatable bonds is 8. The second kappa shape index (κ2) is 7.96. The summed E-state index contributed by atoms with van der Waals surface area (Å²) in [5.41, 5.74) is -0.834. The topological polar surface area (TPSA) is 101 Å². The molecule has 0 spiro atoms. The molecule has 9 heteroatoms. The van der Waals surface area contributed by atoms with E-state index in [-0.39, 0.29) is 34.4 Å². The van der Waals surface area contributed by atoms with E-state index in [1.165, 1.54) is 12.1 Å². The van der Waals surface area contributed by atoms with Crippen LogP contribution in [-0.2, 0) is 4.79 Å². The highest BCUT2D eigenvalue weighted by atomic mass is 32.2. The number of halogens is 1. The number of carbonyl (C=O) groups excluding carboxylic acids is 1. The maximum atomic E-state index is 13.6. The number of carbonyl (C=O) groups is 1. The number of amides is 1. The van der Waals surface area contributed by atoms with Gasteiger partial charge >= 0.3 is 0 Å². The number of nitrogens with zero attached hydrogens (tertiary/aromatic N) is 3. The average Bonchev–Trinajstić information content (AvgIpc) is 3.41. The van der Waals surface area contributed by atoms with Crippen LogP contribution in [0.2, 0.25) is 0 Å². The van der Waals surface area contributed by atoms with E-state index >= 15 is 0 Å². The molecule has 0 aliphatic heterocycles. The Morgan fingerprint density at radius 3 is 2.93 bits per heavy atom. The first-order valence-corrected chi connectivity index (χ1v) is 9.49. The van der Waals surface area contributed by atoms with E-state index < -0.39 is 17.5 Å². The first kappa shape index (κ1) is 19.2.